The molecule has 10 heteroatoms. The summed E-state index contributed by atoms with van der Waals surface area (Å²) in [5.41, 5.74) is 0.816. The van der Waals surface area contributed by atoms with Gasteiger partial charge in [0.25, 0.3) is 5.91 Å². The zero-order chi connectivity index (χ0) is 23.1. The van der Waals surface area contributed by atoms with Gasteiger partial charge in [0.2, 0.25) is 5.91 Å². The van der Waals surface area contributed by atoms with E-state index in [0.29, 0.717) is 17.5 Å². The van der Waals surface area contributed by atoms with Gasteiger partial charge in [0.15, 0.2) is 4.80 Å². The summed E-state index contributed by atoms with van der Waals surface area (Å²) < 4.78 is 8.60. The number of fused-ring (bicyclic) bond motifs is 1. The van der Waals surface area contributed by atoms with Gasteiger partial charge >= 0.3 is 5.97 Å². The second kappa shape index (κ2) is 12.0. The molecule has 1 fully saturated rings. The molecule has 2 aromatic rings. The summed E-state index contributed by atoms with van der Waals surface area (Å²) in [4.78, 5) is 43.9. The van der Waals surface area contributed by atoms with E-state index in [1.54, 1.807) is 11.5 Å². The first-order valence-electron chi connectivity index (χ1n) is 10.8. The molecule has 0 aliphatic carbocycles. The van der Waals surface area contributed by atoms with E-state index >= 15 is 0 Å². The Bertz CT molecular complexity index is 1050. The van der Waals surface area contributed by atoms with Crippen LogP contribution >= 0.6 is 39.0 Å². The molecule has 2 amide bonds. The lowest BCUT2D eigenvalue weighted by molar-refractivity contribution is -0.143. The summed E-state index contributed by atoms with van der Waals surface area (Å²) >= 11 is 6.09. The van der Waals surface area contributed by atoms with Crippen molar-refractivity contribution in [1.82, 2.24) is 9.47 Å². The van der Waals surface area contributed by atoms with Crippen LogP contribution in [0.25, 0.3) is 10.2 Å². The third kappa shape index (κ3) is 6.45. The number of benzene rings is 1. The number of thiazole rings is 1. The number of aromatic nitrogens is 1. The molecule has 1 aliphatic rings. The molecule has 32 heavy (non-hydrogen) atoms. The first-order valence-corrected chi connectivity index (χ1v) is 13.6. The molecule has 0 saturated carbocycles. The molecule has 7 nitrogen and oxygen atoms in total. The molecule has 1 aromatic carbocycles. The number of thioether (sulfide) groups is 1. The van der Waals surface area contributed by atoms with Crippen LogP contribution in [0.15, 0.2) is 27.7 Å². The van der Waals surface area contributed by atoms with Gasteiger partial charge in [-0.25, -0.2) is 0 Å². The first-order chi connectivity index (χ1) is 15.4. The molecule has 2 heterocycles. The minimum absolute atomic E-state index is 0.0133. The van der Waals surface area contributed by atoms with Crippen LogP contribution in [0.5, 0.6) is 0 Å². The number of esters is 1. The topological polar surface area (TPSA) is 81.0 Å². The van der Waals surface area contributed by atoms with E-state index in [4.69, 9.17) is 4.74 Å². The monoisotopic (exact) mass is 541 g/mol. The molecule has 3 rings (SSSR count). The minimum Gasteiger partial charge on any atom is -0.465 e. The number of piperidine rings is 1. The van der Waals surface area contributed by atoms with Crippen molar-refractivity contribution >= 4 is 67.0 Å². The molecule has 0 N–H and O–H groups in total. The van der Waals surface area contributed by atoms with Crippen molar-refractivity contribution in [3.05, 3.63) is 27.5 Å². The number of hydrogen-bond donors (Lipinski definition) is 0. The maximum Gasteiger partial charge on any atom is 0.326 e. The predicted molar refractivity (Wildman–Crippen MR) is 132 cm³/mol. The average Bonchev–Trinajstić information content (AvgIpc) is 3.09. The Hall–Kier alpha value is -1.65. The van der Waals surface area contributed by atoms with Crippen molar-refractivity contribution in [3.8, 4) is 0 Å². The Kier molecular flexibility index (Phi) is 9.36. The average molecular weight is 543 g/mol. The number of likely N-dealkylation sites (tertiary alicyclic amines) is 1. The molecule has 1 atom stereocenters. The maximum atomic E-state index is 12.6. The number of rotatable bonds is 8. The summed E-state index contributed by atoms with van der Waals surface area (Å²) in [7, 11) is 0. The van der Waals surface area contributed by atoms with Crippen LogP contribution in [0.2, 0.25) is 0 Å². The van der Waals surface area contributed by atoms with Crippen LogP contribution in [-0.2, 0) is 25.7 Å². The van der Waals surface area contributed by atoms with Crippen molar-refractivity contribution in [2.24, 2.45) is 4.99 Å². The number of carbonyl (C=O) groups is 3. The lowest BCUT2D eigenvalue weighted by Crippen LogP contribution is -2.44. The fraction of sp³-hybridized carbons (Fsp3) is 0.545. The summed E-state index contributed by atoms with van der Waals surface area (Å²) in [6.45, 7) is 4.95. The van der Waals surface area contributed by atoms with Crippen molar-refractivity contribution < 1.29 is 19.1 Å². The van der Waals surface area contributed by atoms with Crippen molar-refractivity contribution in [2.45, 2.75) is 52.1 Å². The Morgan fingerprint density at radius 3 is 2.81 bits per heavy atom. The Morgan fingerprint density at radius 2 is 2.06 bits per heavy atom. The third-order valence-electron chi connectivity index (χ3n) is 5.33. The van der Waals surface area contributed by atoms with E-state index in [9.17, 15) is 14.4 Å². The summed E-state index contributed by atoms with van der Waals surface area (Å²) in [6, 6.07) is 6.02. The molecule has 174 valence electrons. The lowest BCUT2D eigenvalue weighted by atomic mass is 10.0. The molecule has 1 aliphatic heterocycles. The lowest BCUT2D eigenvalue weighted by Gasteiger charge is -2.35. The van der Waals surface area contributed by atoms with Crippen LogP contribution in [0.1, 0.15) is 39.5 Å². The van der Waals surface area contributed by atoms with Crippen LogP contribution in [0, 0.1) is 0 Å². The molecule has 1 unspecified atom stereocenters. The van der Waals surface area contributed by atoms with Gasteiger partial charge in [-0.2, -0.15) is 4.99 Å². The maximum absolute atomic E-state index is 12.6. The number of amides is 2. The van der Waals surface area contributed by atoms with Crippen LogP contribution < -0.4 is 4.80 Å². The fourth-order valence-electron chi connectivity index (χ4n) is 3.82. The largest absolute Gasteiger partial charge is 0.465 e. The molecular formula is C22H28BrN3O4S2. The van der Waals surface area contributed by atoms with E-state index in [1.807, 2.05) is 23.1 Å². The third-order valence-corrected chi connectivity index (χ3v) is 7.76. The van der Waals surface area contributed by atoms with Crippen LogP contribution in [0.4, 0.5) is 0 Å². The van der Waals surface area contributed by atoms with Gasteiger partial charge in [-0.3, -0.25) is 14.4 Å². The second-order valence-electron chi connectivity index (χ2n) is 7.53. The van der Waals surface area contributed by atoms with E-state index in [-0.39, 0.29) is 35.8 Å². The molecule has 1 saturated heterocycles. The van der Waals surface area contributed by atoms with Gasteiger partial charge in [-0.1, -0.05) is 34.2 Å². The number of carbonyl (C=O) groups excluding carboxylic acids is 3. The van der Waals surface area contributed by atoms with E-state index in [0.717, 1.165) is 40.5 Å². The quantitative estimate of drug-likeness (QED) is 0.472. The van der Waals surface area contributed by atoms with E-state index in [2.05, 4.69) is 27.8 Å². The smallest absolute Gasteiger partial charge is 0.326 e. The van der Waals surface area contributed by atoms with Crippen molar-refractivity contribution in [1.29, 1.82) is 0 Å². The Morgan fingerprint density at radius 1 is 1.25 bits per heavy atom. The summed E-state index contributed by atoms with van der Waals surface area (Å²) in [5, 5.41) is 0. The molecule has 0 radical (unpaired) electrons. The first kappa shape index (κ1) is 25.0. The molecule has 1 aromatic heterocycles. The molecule has 0 spiro atoms. The Balaban J connectivity index is 1.70. The normalized spacial score (nSPS) is 17.0. The standard InChI is InChI=1S/C22H28BrN3O4S2/c1-3-16-7-5-6-10-25(16)20(28)14-31-13-19(27)24-22-26(12-21(29)30-4-2)17-9-8-15(23)11-18(17)32-22/h8-9,11,16H,3-7,10,12-14H2,1-2H3. The predicted octanol–water partition coefficient (Wildman–Crippen LogP) is 3.98. The zero-order valence-corrected chi connectivity index (χ0v) is 21.6. The molecule has 0 bridgehead atoms. The SMILES string of the molecule is CCOC(=O)Cn1c(=NC(=O)CSCC(=O)N2CCCCC2CC)sc2cc(Br)ccc21. The van der Waals surface area contributed by atoms with Crippen LogP contribution in [-0.4, -0.2) is 57.9 Å². The minimum atomic E-state index is -0.379. The fourth-order valence-corrected chi connectivity index (χ4v) is 6.10. The van der Waals surface area contributed by atoms with Gasteiger partial charge in [-0.15, -0.1) is 11.8 Å². The highest BCUT2D eigenvalue weighted by Crippen LogP contribution is 2.23. The highest BCUT2D eigenvalue weighted by atomic mass is 79.9. The zero-order valence-electron chi connectivity index (χ0n) is 18.3. The van der Waals surface area contributed by atoms with Gasteiger partial charge in [0.05, 0.1) is 28.3 Å². The van der Waals surface area contributed by atoms with E-state index < -0.39 is 0 Å². The van der Waals surface area contributed by atoms with Gasteiger partial charge < -0.3 is 14.2 Å². The Labute approximate surface area is 204 Å². The molecular weight excluding hydrogens is 514 g/mol. The van der Waals surface area contributed by atoms with Gasteiger partial charge in [0, 0.05) is 17.1 Å². The summed E-state index contributed by atoms with van der Waals surface area (Å²) in [5.74, 6) is -0.209. The number of nitrogens with zero attached hydrogens (tertiary/aromatic N) is 3. The van der Waals surface area contributed by atoms with E-state index in [1.165, 1.54) is 29.5 Å². The summed E-state index contributed by atoms with van der Waals surface area (Å²) in [6.07, 6.45) is 4.24. The second-order valence-corrected chi connectivity index (χ2v) is 10.4. The van der Waals surface area contributed by atoms with Crippen molar-refractivity contribution in [2.75, 3.05) is 24.7 Å². The van der Waals surface area contributed by atoms with Gasteiger partial charge in [-0.05, 0) is 50.8 Å². The highest BCUT2D eigenvalue weighted by Gasteiger charge is 2.25. The highest BCUT2D eigenvalue weighted by molar-refractivity contribution is 9.10. The van der Waals surface area contributed by atoms with Crippen LogP contribution in [0.3, 0.4) is 0 Å². The number of hydrogen-bond acceptors (Lipinski definition) is 6. The number of halogens is 1. The van der Waals surface area contributed by atoms with Crippen molar-refractivity contribution in [3.63, 3.8) is 0 Å². The van der Waals surface area contributed by atoms with Gasteiger partial charge in [0.1, 0.15) is 6.54 Å². The number of ether oxygens (including phenoxy) is 1.